The minimum Gasteiger partial charge on any atom is -0.317 e. The predicted octanol–water partition coefficient (Wildman–Crippen LogP) is 1.62. The number of nitrogens with one attached hydrogen (secondary N) is 1. The van der Waals surface area contributed by atoms with Gasteiger partial charge in [-0.2, -0.15) is 0 Å². The molecule has 24 heavy (non-hydrogen) atoms. The summed E-state index contributed by atoms with van der Waals surface area (Å²) in [6.07, 6.45) is 3.53. The Labute approximate surface area is 143 Å². The second-order valence-corrected chi connectivity index (χ2v) is 7.30. The Balaban J connectivity index is 1.49. The van der Waals surface area contributed by atoms with E-state index in [-0.39, 0.29) is 17.9 Å². The van der Waals surface area contributed by atoms with Crippen LogP contribution in [0.2, 0.25) is 0 Å². The topological polar surface area (TPSA) is 52.7 Å². The number of rotatable bonds is 2. The molecule has 4 rings (SSSR count). The summed E-state index contributed by atoms with van der Waals surface area (Å²) in [6.45, 7) is 3.85. The molecule has 3 aliphatic heterocycles. The van der Waals surface area contributed by atoms with Gasteiger partial charge in [-0.1, -0.05) is 18.2 Å². The van der Waals surface area contributed by atoms with Crippen LogP contribution in [0, 0.1) is 0 Å². The second kappa shape index (κ2) is 6.30. The molecule has 1 aromatic rings. The van der Waals surface area contributed by atoms with Gasteiger partial charge in [0.1, 0.15) is 0 Å². The van der Waals surface area contributed by atoms with Crippen molar-refractivity contribution < 1.29 is 9.59 Å². The molecule has 1 aromatic carbocycles. The Morgan fingerprint density at radius 3 is 2.58 bits per heavy atom. The summed E-state index contributed by atoms with van der Waals surface area (Å²) in [5, 5.41) is 3.42. The molecule has 2 fully saturated rings. The third-order valence-electron chi connectivity index (χ3n) is 5.85. The Morgan fingerprint density at radius 2 is 1.79 bits per heavy atom. The number of amides is 2. The molecule has 3 aliphatic rings. The van der Waals surface area contributed by atoms with Crippen molar-refractivity contribution >= 4 is 11.8 Å². The number of likely N-dealkylation sites (tertiary alicyclic amines) is 1. The van der Waals surface area contributed by atoms with Gasteiger partial charge < -0.3 is 5.32 Å². The van der Waals surface area contributed by atoms with Crippen LogP contribution in [0.1, 0.15) is 48.3 Å². The summed E-state index contributed by atoms with van der Waals surface area (Å²) in [5.41, 5.74) is 4.14. The number of hydrogen-bond donors (Lipinski definition) is 1. The van der Waals surface area contributed by atoms with Crippen LogP contribution in [0.3, 0.4) is 0 Å². The van der Waals surface area contributed by atoms with Crippen molar-refractivity contribution in [2.24, 2.45) is 0 Å². The Kier molecular flexibility index (Phi) is 4.14. The van der Waals surface area contributed by atoms with E-state index in [1.807, 2.05) is 0 Å². The van der Waals surface area contributed by atoms with E-state index < -0.39 is 0 Å². The molecule has 0 bridgehead atoms. The van der Waals surface area contributed by atoms with E-state index in [4.69, 9.17) is 0 Å². The highest BCUT2D eigenvalue weighted by Gasteiger charge is 2.37. The Bertz CT molecular complexity index is 667. The molecule has 5 heteroatoms. The van der Waals surface area contributed by atoms with Crippen molar-refractivity contribution in [3.05, 3.63) is 34.9 Å². The third kappa shape index (κ3) is 2.76. The molecule has 2 saturated heterocycles. The summed E-state index contributed by atoms with van der Waals surface area (Å²) in [4.78, 5) is 27.7. The smallest absolute Gasteiger partial charge is 0.246 e. The zero-order valence-corrected chi connectivity index (χ0v) is 14.3. The average Bonchev–Trinajstić information content (AvgIpc) is 3.03. The van der Waals surface area contributed by atoms with E-state index in [0.29, 0.717) is 18.8 Å². The van der Waals surface area contributed by atoms with Gasteiger partial charge in [0.15, 0.2) is 0 Å². The summed E-state index contributed by atoms with van der Waals surface area (Å²) in [5.74, 6) is 0.560. The molecule has 5 nitrogen and oxygen atoms in total. The molecule has 0 aliphatic carbocycles. The van der Waals surface area contributed by atoms with E-state index in [1.54, 1.807) is 7.05 Å². The zero-order valence-electron chi connectivity index (χ0n) is 14.3. The molecule has 0 saturated carbocycles. The first-order chi connectivity index (χ1) is 11.6. The quantitative estimate of drug-likeness (QED) is 0.839. The fraction of sp³-hybridized carbons (Fsp3) is 0.579. The second-order valence-electron chi connectivity index (χ2n) is 7.30. The summed E-state index contributed by atoms with van der Waals surface area (Å²) < 4.78 is 0. The van der Waals surface area contributed by atoms with E-state index in [0.717, 1.165) is 26.2 Å². The van der Waals surface area contributed by atoms with Crippen LogP contribution in [0.25, 0.3) is 0 Å². The van der Waals surface area contributed by atoms with Crippen molar-refractivity contribution in [3.63, 3.8) is 0 Å². The number of piperidine rings is 2. The van der Waals surface area contributed by atoms with Crippen molar-refractivity contribution in [1.82, 2.24) is 15.1 Å². The molecule has 0 aromatic heterocycles. The number of benzene rings is 1. The molecule has 3 heterocycles. The predicted molar refractivity (Wildman–Crippen MR) is 91.3 cm³/mol. The molecule has 0 radical (unpaired) electrons. The van der Waals surface area contributed by atoms with Crippen LogP contribution >= 0.6 is 0 Å². The SMILES string of the molecule is CN1C(=O)CCC(N2Cc3ccc(C4CCNCC4)cc3C2)C1=O. The molecule has 128 valence electrons. The molecule has 1 unspecified atom stereocenters. The number of likely N-dealkylation sites (N-methyl/N-ethyl adjacent to an activating group) is 1. The first-order valence-electron chi connectivity index (χ1n) is 9.00. The van der Waals surface area contributed by atoms with Crippen molar-refractivity contribution in [1.29, 1.82) is 0 Å². The lowest BCUT2D eigenvalue weighted by atomic mass is 9.88. The highest BCUT2D eigenvalue weighted by atomic mass is 16.2. The molecule has 1 atom stereocenters. The van der Waals surface area contributed by atoms with Crippen LogP contribution in [-0.4, -0.2) is 47.8 Å². The lowest BCUT2D eigenvalue weighted by Crippen LogP contribution is -2.51. The van der Waals surface area contributed by atoms with Crippen molar-refractivity contribution in [3.8, 4) is 0 Å². The number of imide groups is 1. The number of hydrogen-bond acceptors (Lipinski definition) is 4. The van der Waals surface area contributed by atoms with Crippen molar-refractivity contribution in [2.45, 2.75) is 50.7 Å². The van der Waals surface area contributed by atoms with Crippen LogP contribution in [0.15, 0.2) is 18.2 Å². The summed E-state index contributed by atoms with van der Waals surface area (Å²) in [6, 6.07) is 6.72. The maximum absolute atomic E-state index is 12.4. The number of carbonyl (C=O) groups is 2. The number of carbonyl (C=O) groups excluding carboxylic acids is 2. The van der Waals surface area contributed by atoms with E-state index in [1.165, 1.54) is 34.4 Å². The fourth-order valence-electron chi connectivity index (χ4n) is 4.31. The van der Waals surface area contributed by atoms with Gasteiger partial charge in [0.25, 0.3) is 0 Å². The lowest BCUT2D eigenvalue weighted by molar-refractivity contribution is -0.151. The van der Waals surface area contributed by atoms with Gasteiger partial charge in [-0.05, 0) is 55.0 Å². The van der Waals surface area contributed by atoms with Crippen molar-refractivity contribution in [2.75, 3.05) is 20.1 Å². The van der Waals surface area contributed by atoms with Gasteiger partial charge >= 0.3 is 0 Å². The maximum atomic E-state index is 12.4. The van der Waals surface area contributed by atoms with Crippen LogP contribution in [0.4, 0.5) is 0 Å². The largest absolute Gasteiger partial charge is 0.317 e. The number of fused-ring (bicyclic) bond motifs is 1. The standard InChI is InChI=1S/C19H25N3O2/c1-21-18(23)5-4-17(19(21)24)22-11-15-3-2-14(10-16(15)12-22)13-6-8-20-9-7-13/h2-3,10,13,17,20H,4-9,11-12H2,1H3. The monoisotopic (exact) mass is 327 g/mol. The lowest BCUT2D eigenvalue weighted by Gasteiger charge is -2.33. The van der Waals surface area contributed by atoms with Gasteiger partial charge in [0.2, 0.25) is 11.8 Å². The maximum Gasteiger partial charge on any atom is 0.246 e. The summed E-state index contributed by atoms with van der Waals surface area (Å²) in [7, 11) is 1.61. The third-order valence-corrected chi connectivity index (χ3v) is 5.85. The normalized spacial score (nSPS) is 26.0. The molecule has 2 amide bonds. The molecule has 1 N–H and O–H groups in total. The van der Waals surface area contributed by atoms with E-state index in [2.05, 4.69) is 28.4 Å². The average molecular weight is 327 g/mol. The first-order valence-corrected chi connectivity index (χ1v) is 9.00. The van der Waals surface area contributed by atoms with Gasteiger partial charge in [-0.15, -0.1) is 0 Å². The van der Waals surface area contributed by atoms with Gasteiger partial charge in [-0.25, -0.2) is 0 Å². The Morgan fingerprint density at radius 1 is 1.04 bits per heavy atom. The van der Waals surface area contributed by atoms with Gasteiger partial charge in [0, 0.05) is 26.6 Å². The molecular formula is C19H25N3O2. The van der Waals surface area contributed by atoms with Gasteiger partial charge in [0.05, 0.1) is 6.04 Å². The Hall–Kier alpha value is -1.72. The highest BCUT2D eigenvalue weighted by Crippen LogP contribution is 2.32. The summed E-state index contributed by atoms with van der Waals surface area (Å²) >= 11 is 0. The highest BCUT2D eigenvalue weighted by molar-refractivity contribution is 6.00. The molecular weight excluding hydrogens is 302 g/mol. The molecule has 0 spiro atoms. The number of nitrogens with zero attached hydrogens (tertiary/aromatic N) is 2. The van der Waals surface area contributed by atoms with Crippen LogP contribution in [0.5, 0.6) is 0 Å². The minimum atomic E-state index is -0.151. The first kappa shape index (κ1) is 15.8. The van der Waals surface area contributed by atoms with Crippen LogP contribution in [-0.2, 0) is 22.7 Å². The van der Waals surface area contributed by atoms with Gasteiger partial charge in [-0.3, -0.25) is 19.4 Å². The van der Waals surface area contributed by atoms with Crippen LogP contribution < -0.4 is 5.32 Å². The zero-order chi connectivity index (χ0) is 16.7. The fourth-order valence-corrected chi connectivity index (χ4v) is 4.31. The van der Waals surface area contributed by atoms with E-state index in [9.17, 15) is 9.59 Å². The van der Waals surface area contributed by atoms with E-state index >= 15 is 0 Å². The minimum absolute atomic E-state index is 0.0439.